The quantitative estimate of drug-likeness (QED) is 0.759. The molecule has 0 bridgehead atoms. The van der Waals surface area contributed by atoms with E-state index >= 15 is 0 Å². The monoisotopic (exact) mass is 345 g/mol. The maximum Gasteiger partial charge on any atom is 0.325 e. The largest absolute Gasteiger partial charge is 0.491 e. The van der Waals surface area contributed by atoms with Gasteiger partial charge in [0.15, 0.2) is 5.69 Å². The number of nitrogens with one attached hydrogen (secondary N) is 2. The summed E-state index contributed by atoms with van der Waals surface area (Å²) in [5.74, 6) is -0.672. The lowest BCUT2D eigenvalue weighted by atomic mass is 10.1. The Morgan fingerprint density at radius 3 is 2.52 bits per heavy atom. The van der Waals surface area contributed by atoms with E-state index in [-0.39, 0.29) is 18.3 Å². The number of amides is 1. The van der Waals surface area contributed by atoms with Gasteiger partial charge in [0, 0.05) is 11.8 Å². The summed E-state index contributed by atoms with van der Waals surface area (Å²) in [5.41, 5.74) is 0.142. The summed E-state index contributed by atoms with van der Waals surface area (Å²) in [6.45, 7) is 3.51. The normalized spacial score (nSPS) is 10.4. The number of aromatic amines is 1. The van der Waals surface area contributed by atoms with Gasteiger partial charge in [0.05, 0.1) is 18.9 Å². The smallest absolute Gasteiger partial charge is 0.325 e. The van der Waals surface area contributed by atoms with Gasteiger partial charge in [0.1, 0.15) is 12.3 Å². The van der Waals surface area contributed by atoms with Gasteiger partial charge < -0.3 is 19.8 Å². The van der Waals surface area contributed by atoms with Gasteiger partial charge in [-0.3, -0.25) is 14.4 Å². The molecule has 8 heteroatoms. The molecule has 0 atom stereocenters. The minimum Gasteiger partial charge on any atom is -0.491 e. The van der Waals surface area contributed by atoms with E-state index in [9.17, 15) is 14.4 Å². The van der Waals surface area contributed by atoms with Crippen molar-refractivity contribution in [2.45, 2.75) is 20.0 Å². The Balaban J connectivity index is 2.21. The lowest BCUT2D eigenvalue weighted by molar-refractivity contribution is -0.139. The Labute approximate surface area is 144 Å². The Bertz CT molecular complexity index is 812. The zero-order valence-corrected chi connectivity index (χ0v) is 14.2. The van der Waals surface area contributed by atoms with Gasteiger partial charge in [-0.1, -0.05) is 0 Å². The van der Waals surface area contributed by atoms with Crippen molar-refractivity contribution in [3.05, 3.63) is 46.5 Å². The molecule has 0 radical (unpaired) electrons. The molecule has 1 amide bonds. The molecule has 0 aliphatic heterocycles. The molecule has 1 aromatic carbocycles. The predicted molar refractivity (Wildman–Crippen MR) is 90.4 cm³/mol. The second-order valence-electron chi connectivity index (χ2n) is 5.41. The number of carbonyl (C=O) groups is 2. The van der Waals surface area contributed by atoms with Crippen molar-refractivity contribution in [1.82, 2.24) is 15.3 Å². The fourth-order valence-electron chi connectivity index (χ4n) is 1.99. The van der Waals surface area contributed by atoms with E-state index in [1.807, 2.05) is 13.8 Å². The Kier molecular flexibility index (Phi) is 5.89. The van der Waals surface area contributed by atoms with Crippen LogP contribution in [-0.4, -0.2) is 41.6 Å². The van der Waals surface area contributed by atoms with Crippen molar-refractivity contribution in [2.24, 2.45) is 0 Å². The molecule has 0 fully saturated rings. The van der Waals surface area contributed by atoms with Gasteiger partial charge >= 0.3 is 5.97 Å². The van der Waals surface area contributed by atoms with Crippen molar-refractivity contribution in [2.75, 3.05) is 13.7 Å². The predicted octanol–water partition coefficient (Wildman–Crippen LogP) is 1.13. The summed E-state index contributed by atoms with van der Waals surface area (Å²) >= 11 is 0. The van der Waals surface area contributed by atoms with Crippen LogP contribution < -0.4 is 15.6 Å². The number of methoxy groups -OCH3 is 1. The molecule has 0 saturated heterocycles. The van der Waals surface area contributed by atoms with Crippen LogP contribution in [0.3, 0.4) is 0 Å². The molecule has 0 saturated carbocycles. The second kappa shape index (κ2) is 8.09. The highest BCUT2D eigenvalue weighted by molar-refractivity contribution is 5.94. The van der Waals surface area contributed by atoms with Crippen LogP contribution in [0.1, 0.15) is 24.3 Å². The first-order valence-corrected chi connectivity index (χ1v) is 7.62. The van der Waals surface area contributed by atoms with E-state index in [1.165, 1.54) is 13.3 Å². The van der Waals surface area contributed by atoms with Crippen molar-refractivity contribution < 1.29 is 19.1 Å². The van der Waals surface area contributed by atoms with E-state index in [0.29, 0.717) is 17.0 Å². The lowest BCUT2D eigenvalue weighted by Crippen LogP contribution is -2.34. The molecule has 2 N–H and O–H groups in total. The third-order valence-electron chi connectivity index (χ3n) is 3.15. The van der Waals surface area contributed by atoms with Crippen LogP contribution in [-0.2, 0) is 9.53 Å². The molecule has 132 valence electrons. The number of H-pyrrole nitrogens is 1. The number of rotatable bonds is 6. The molecular weight excluding hydrogens is 326 g/mol. The Morgan fingerprint density at radius 1 is 1.24 bits per heavy atom. The average Bonchev–Trinajstić information content (AvgIpc) is 2.60. The Hall–Kier alpha value is -3.16. The molecule has 2 rings (SSSR count). The number of carbonyl (C=O) groups excluding carboxylic acids is 2. The SMILES string of the molecule is COC(=O)CNC(=O)c1nc(-c2ccc(OC(C)C)cc2)c[nH]c1=O. The van der Waals surface area contributed by atoms with Gasteiger partial charge in [-0.15, -0.1) is 0 Å². The van der Waals surface area contributed by atoms with Gasteiger partial charge in [-0.25, -0.2) is 4.98 Å². The van der Waals surface area contributed by atoms with Crippen LogP contribution in [0, 0.1) is 0 Å². The molecule has 0 aliphatic carbocycles. The lowest BCUT2D eigenvalue weighted by Gasteiger charge is -2.10. The number of aromatic nitrogens is 2. The zero-order valence-electron chi connectivity index (χ0n) is 14.2. The van der Waals surface area contributed by atoms with Gasteiger partial charge in [-0.05, 0) is 38.1 Å². The van der Waals surface area contributed by atoms with Gasteiger partial charge in [0.2, 0.25) is 0 Å². The number of ether oxygens (including phenoxy) is 2. The van der Waals surface area contributed by atoms with Crippen molar-refractivity contribution in [3.63, 3.8) is 0 Å². The zero-order chi connectivity index (χ0) is 18.4. The average molecular weight is 345 g/mol. The third-order valence-corrected chi connectivity index (χ3v) is 3.15. The van der Waals surface area contributed by atoms with E-state index in [1.54, 1.807) is 24.3 Å². The third kappa shape index (κ3) is 4.90. The summed E-state index contributed by atoms with van der Waals surface area (Å²) in [6.07, 6.45) is 1.47. The highest BCUT2D eigenvalue weighted by atomic mass is 16.5. The number of benzene rings is 1. The molecule has 8 nitrogen and oxygen atoms in total. The number of hydrogen-bond donors (Lipinski definition) is 2. The van der Waals surface area contributed by atoms with Crippen LogP contribution in [0.15, 0.2) is 35.3 Å². The highest BCUT2D eigenvalue weighted by Gasteiger charge is 2.15. The molecule has 2 aromatic rings. The first kappa shape index (κ1) is 18.2. The van der Waals surface area contributed by atoms with Crippen LogP contribution >= 0.6 is 0 Å². The Morgan fingerprint density at radius 2 is 1.92 bits per heavy atom. The molecule has 0 unspecified atom stereocenters. The molecule has 25 heavy (non-hydrogen) atoms. The van der Waals surface area contributed by atoms with Crippen molar-refractivity contribution in [3.8, 4) is 17.0 Å². The number of hydrogen-bond acceptors (Lipinski definition) is 6. The second-order valence-corrected chi connectivity index (χ2v) is 5.41. The van der Waals surface area contributed by atoms with E-state index in [2.05, 4.69) is 20.0 Å². The molecule has 1 heterocycles. The van der Waals surface area contributed by atoms with Crippen molar-refractivity contribution >= 4 is 11.9 Å². The standard InChI is InChI=1S/C17H19N3O5/c1-10(2)25-12-6-4-11(5-7-12)13-8-18-16(22)15(20-13)17(23)19-9-14(21)24-3/h4-8,10H,9H2,1-3H3,(H,18,22)(H,19,23). The van der Waals surface area contributed by atoms with Crippen LogP contribution in [0.4, 0.5) is 0 Å². The molecule has 0 spiro atoms. The fraction of sp³-hybridized carbons (Fsp3) is 0.294. The van der Waals surface area contributed by atoms with Crippen LogP contribution in [0.25, 0.3) is 11.3 Å². The van der Waals surface area contributed by atoms with Crippen LogP contribution in [0.5, 0.6) is 5.75 Å². The maximum absolute atomic E-state index is 12.0. The highest BCUT2D eigenvalue weighted by Crippen LogP contribution is 2.20. The molecular formula is C17H19N3O5. The molecule has 1 aromatic heterocycles. The van der Waals surface area contributed by atoms with E-state index in [0.717, 1.165) is 0 Å². The van der Waals surface area contributed by atoms with Crippen molar-refractivity contribution in [1.29, 1.82) is 0 Å². The summed E-state index contributed by atoms with van der Waals surface area (Å²) in [7, 11) is 1.20. The summed E-state index contributed by atoms with van der Waals surface area (Å²) < 4.78 is 9.99. The first-order valence-electron chi connectivity index (χ1n) is 7.62. The minimum atomic E-state index is -0.756. The van der Waals surface area contributed by atoms with E-state index < -0.39 is 17.4 Å². The van der Waals surface area contributed by atoms with Crippen LogP contribution in [0.2, 0.25) is 0 Å². The topological polar surface area (TPSA) is 110 Å². The summed E-state index contributed by atoms with van der Waals surface area (Å²) in [4.78, 5) is 41.5. The minimum absolute atomic E-state index is 0.0576. The first-order chi connectivity index (χ1) is 11.9. The van der Waals surface area contributed by atoms with Gasteiger partial charge in [0.25, 0.3) is 11.5 Å². The van der Waals surface area contributed by atoms with E-state index in [4.69, 9.17) is 4.74 Å². The number of esters is 1. The summed E-state index contributed by atoms with van der Waals surface area (Å²) in [5, 5.41) is 2.28. The maximum atomic E-state index is 12.0. The number of nitrogens with zero attached hydrogens (tertiary/aromatic N) is 1. The summed E-state index contributed by atoms with van der Waals surface area (Å²) in [6, 6.07) is 7.10. The van der Waals surface area contributed by atoms with Gasteiger partial charge in [-0.2, -0.15) is 0 Å². The molecule has 0 aliphatic rings. The fourth-order valence-corrected chi connectivity index (χ4v) is 1.99.